The molecule has 1 aliphatic rings. The Kier molecular flexibility index (Phi) is 8.90. The van der Waals surface area contributed by atoms with Crippen molar-refractivity contribution in [2.24, 2.45) is 5.92 Å². The number of halogens is 1. The first-order chi connectivity index (χ1) is 17.0. The molecule has 2 heterocycles. The second kappa shape index (κ2) is 12.3. The number of hydrogen-bond acceptors (Lipinski definition) is 5. The Hall–Kier alpha value is -2.74. The molecule has 35 heavy (non-hydrogen) atoms. The first-order valence-corrected chi connectivity index (χ1v) is 13.0. The summed E-state index contributed by atoms with van der Waals surface area (Å²) in [6.07, 6.45) is 2.40. The summed E-state index contributed by atoms with van der Waals surface area (Å²) >= 11 is 1.44. The van der Waals surface area contributed by atoms with Crippen molar-refractivity contribution in [3.05, 3.63) is 87.9 Å². The predicted octanol–water partition coefficient (Wildman–Crippen LogP) is 4.85. The van der Waals surface area contributed by atoms with Crippen molar-refractivity contribution >= 4 is 17.2 Å². The van der Waals surface area contributed by atoms with Gasteiger partial charge in [0.05, 0.1) is 11.5 Å². The average Bonchev–Trinajstić information content (AvgIpc) is 3.42. The maximum Gasteiger partial charge on any atom is 0.263 e. The van der Waals surface area contributed by atoms with Crippen LogP contribution in [0, 0.1) is 11.7 Å². The lowest BCUT2D eigenvalue weighted by Gasteiger charge is -2.40. The molecule has 1 atom stereocenters. The molecule has 7 heteroatoms. The molecule has 0 bridgehead atoms. The number of ether oxygens (including phenoxy) is 1. The van der Waals surface area contributed by atoms with Crippen molar-refractivity contribution in [2.75, 3.05) is 33.4 Å². The van der Waals surface area contributed by atoms with Crippen molar-refractivity contribution in [2.45, 2.75) is 31.8 Å². The molecule has 1 aliphatic heterocycles. The van der Waals surface area contributed by atoms with Crippen LogP contribution < -0.4 is 4.74 Å². The van der Waals surface area contributed by atoms with Crippen LogP contribution in [0.25, 0.3) is 0 Å². The number of likely N-dealkylation sites (N-methyl/N-ethyl adjacent to an activating group) is 1. The molecule has 0 unspecified atom stereocenters. The van der Waals surface area contributed by atoms with Gasteiger partial charge in [-0.05, 0) is 79.0 Å². The minimum atomic E-state index is -0.213. The van der Waals surface area contributed by atoms with Crippen molar-refractivity contribution < 1.29 is 19.0 Å². The van der Waals surface area contributed by atoms with Gasteiger partial charge in [-0.1, -0.05) is 36.4 Å². The number of nitrogens with zero attached hydrogens (tertiary/aromatic N) is 2. The molecule has 0 saturated carbocycles. The first kappa shape index (κ1) is 25.4. The highest BCUT2D eigenvalue weighted by molar-refractivity contribution is 7.12. The topological polar surface area (TPSA) is 53.0 Å². The molecule has 1 aromatic heterocycles. The maximum atomic E-state index is 14.5. The first-order valence-electron chi connectivity index (χ1n) is 12.1. The fourth-order valence-corrected chi connectivity index (χ4v) is 5.59. The molecule has 186 valence electrons. The van der Waals surface area contributed by atoms with Gasteiger partial charge in [0.15, 0.2) is 0 Å². The fourth-order valence-electron chi connectivity index (χ4n) is 4.88. The van der Waals surface area contributed by atoms with E-state index < -0.39 is 0 Å². The van der Waals surface area contributed by atoms with E-state index in [1.807, 2.05) is 59.8 Å². The van der Waals surface area contributed by atoms with E-state index in [2.05, 4.69) is 11.0 Å². The zero-order chi connectivity index (χ0) is 24.6. The third kappa shape index (κ3) is 6.69. The van der Waals surface area contributed by atoms with E-state index in [0.717, 1.165) is 38.2 Å². The molecule has 2 aromatic carbocycles. The molecule has 1 N–H and O–H groups in total. The van der Waals surface area contributed by atoms with E-state index in [1.54, 1.807) is 6.07 Å². The quantitative estimate of drug-likeness (QED) is 0.436. The molecular weight excluding hydrogens is 463 g/mol. The maximum absolute atomic E-state index is 14.5. The Morgan fingerprint density at radius 2 is 1.97 bits per heavy atom. The van der Waals surface area contributed by atoms with Crippen LogP contribution in [0.3, 0.4) is 0 Å². The van der Waals surface area contributed by atoms with E-state index in [1.165, 1.54) is 23.0 Å². The van der Waals surface area contributed by atoms with Gasteiger partial charge in [0.2, 0.25) is 0 Å². The number of piperidine rings is 1. The summed E-state index contributed by atoms with van der Waals surface area (Å²) in [7, 11) is 1.86. The Balaban J connectivity index is 1.43. The summed E-state index contributed by atoms with van der Waals surface area (Å²) in [6, 6.07) is 18.5. The van der Waals surface area contributed by atoms with Crippen LogP contribution in [0.1, 0.15) is 33.6 Å². The van der Waals surface area contributed by atoms with Crippen molar-refractivity contribution in [3.63, 3.8) is 0 Å². The second-order valence-corrected chi connectivity index (χ2v) is 10.0. The van der Waals surface area contributed by atoms with E-state index in [9.17, 15) is 9.18 Å². The van der Waals surface area contributed by atoms with E-state index in [0.29, 0.717) is 22.8 Å². The highest BCUT2D eigenvalue weighted by atomic mass is 32.1. The summed E-state index contributed by atoms with van der Waals surface area (Å²) in [6.45, 7) is 2.94. The van der Waals surface area contributed by atoms with Crippen LogP contribution in [0.2, 0.25) is 0 Å². The van der Waals surface area contributed by atoms with Gasteiger partial charge < -0.3 is 14.7 Å². The number of carbonyl (C=O) groups excluding carboxylic acids is 1. The lowest BCUT2D eigenvalue weighted by molar-refractivity contribution is 0.0588. The van der Waals surface area contributed by atoms with Gasteiger partial charge in [-0.25, -0.2) is 4.39 Å². The largest absolute Gasteiger partial charge is 0.491 e. The van der Waals surface area contributed by atoms with Gasteiger partial charge in [0.25, 0.3) is 5.91 Å². The van der Waals surface area contributed by atoms with Crippen LogP contribution in [0.5, 0.6) is 5.75 Å². The summed E-state index contributed by atoms with van der Waals surface area (Å²) in [5, 5.41) is 10.9. The van der Waals surface area contributed by atoms with Gasteiger partial charge in [0.1, 0.15) is 18.2 Å². The zero-order valence-electron chi connectivity index (χ0n) is 20.1. The predicted molar refractivity (Wildman–Crippen MR) is 137 cm³/mol. The number of likely N-dealkylation sites (tertiary alicyclic amines) is 1. The number of thiophene rings is 1. The molecule has 3 aromatic rings. The van der Waals surface area contributed by atoms with Gasteiger partial charge in [-0.3, -0.25) is 9.69 Å². The number of benzene rings is 2. The number of aliphatic hydroxyl groups excluding tert-OH is 1. The minimum absolute atomic E-state index is 0.00321. The number of amides is 1. The van der Waals surface area contributed by atoms with Gasteiger partial charge in [-0.2, -0.15) is 0 Å². The smallest absolute Gasteiger partial charge is 0.263 e. The number of aliphatic hydroxyl groups is 1. The monoisotopic (exact) mass is 496 g/mol. The zero-order valence-corrected chi connectivity index (χ0v) is 20.9. The lowest BCUT2D eigenvalue weighted by atomic mass is 9.84. The van der Waals surface area contributed by atoms with Gasteiger partial charge in [-0.15, -0.1) is 11.3 Å². The lowest BCUT2D eigenvalue weighted by Crippen LogP contribution is -2.47. The average molecular weight is 497 g/mol. The molecule has 1 saturated heterocycles. The third-order valence-corrected chi connectivity index (χ3v) is 7.64. The summed E-state index contributed by atoms with van der Waals surface area (Å²) in [4.78, 5) is 18.2. The second-order valence-electron chi connectivity index (χ2n) is 9.09. The van der Waals surface area contributed by atoms with E-state index in [-0.39, 0.29) is 31.0 Å². The summed E-state index contributed by atoms with van der Waals surface area (Å²) in [5.41, 5.74) is 1.83. The summed E-state index contributed by atoms with van der Waals surface area (Å²) in [5.74, 6) is 0.850. The molecule has 0 radical (unpaired) electrons. The van der Waals surface area contributed by atoms with Gasteiger partial charge in [0, 0.05) is 19.6 Å². The Bertz CT molecular complexity index is 1080. The number of hydrogen-bond donors (Lipinski definition) is 1. The molecular formula is C28H33FN2O3S. The fraction of sp³-hybridized carbons (Fsp3) is 0.393. The van der Waals surface area contributed by atoms with Crippen molar-refractivity contribution in [3.8, 4) is 5.75 Å². The molecule has 1 fully saturated rings. The molecule has 4 rings (SSSR count). The third-order valence-electron chi connectivity index (χ3n) is 6.78. The van der Waals surface area contributed by atoms with Gasteiger partial charge >= 0.3 is 0 Å². The Morgan fingerprint density at radius 3 is 2.69 bits per heavy atom. The summed E-state index contributed by atoms with van der Waals surface area (Å²) < 4.78 is 20.1. The SMILES string of the molecule is CN(C(=O)c1cccs1)[C@@H](Cc1ccccc1F)C1CCN(Cc2cccc(OCCO)c2)CC1. The number of carbonyl (C=O) groups is 1. The Morgan fingerprint density at radius 1 is 1.17 bits per heavy atom. The molecule has 1 amide bonds. The van der Waals surface area contributed by atoms with Crippen molar-refractivity contribution in [1.29, 1.82) is 0 Å². The highest BCUT2D eigenvalue weighted by Gasteiger charge is 2.32. The normalized spacial score (nSPS) is 15.6. The van der Waals surface area contributed by atoms with Crippen LogP contribution in [-0.2, 0) is 13.0 Å². The highest BCUT2D eigenvalue weighted by Crippen LogP contribution is 2.29. The standard InChI is InChI=1S/C28H33FN2O3S/c1-30(28(33)27-10-5-17-35-27)26(19-23-7-2-3-9-25(23)29)22-11-13-31(14-12-22)20-21-6-4-8-24(18-21)34-16-15-32/h2-10,17-18,22,26,32H,11-16,19-20H2,1H3/t26-/m0/s1. The van der Waals surface area contributed by atoms with E-state index in [4.69, 9.17) is 9.84 Å². The van der Waals surface area contributed by atoms with Crippen LogP contribution in [0.4, 0.5) is 4.39 Å². The minimum Gasteiger partial charge on any atom is -0.491 e. The van der Waals surface area contributed by atoms with Crippen molar-refractivity contribution in [1.82, 2.24) is 9.80 Å². The Labute approximate surface area is 210 Å². The molecule has 5 nitrogen and oxygen atoms in total. The number of rotatable bonds is 10. The molecule has 0 aliphatic carbocycles. The van der Waals surface area contributed by atoms with Crippen LogP contribution in [-0.4, -0.2) is 60.2 Å². The molecule has 0 spiro atoms. The van der Waals surface area contributed by atoms with Crippen LogP contribution >= 0.6 is 11.3 Å². The van der Waals surface area contributed by atoms with Crippen LogP contribution in [0.15, 0.2) is 66.0 Å². The van der Waals surface area contributed by atoms with E-state index >= 15 is 0 Å².